The van der Waals surface area contributed by atoms with Crippen LogP contribution in [0.15, 0.2) is 24.3 Å². The highest BCUT2D eigenvalue weighted by atomic mass is 16.5. The minimum Gasteiger partial charge on any atom is -0.494 e. The number of esters is 1. The van der Waals surface area contributed by atoms with Gasteiger partial charge in [0.2, 0.25) is 0 Å². The molecule has 0 radical (unpaired) electrons. The van der Waals surface area contributed by atoms with Crippen LogP contribution in [0.5, 0.6) is 5.75 Å². The second-order valence-corrected chi connectivity index (χ2v) is 5.28. The second kappa shape index (κ2) is 7.32. The first-order chi connectivity index (χ1) is 9.74. The third-order valence-electron chi connectivity index (χ3n) is 3.87. The van der Waals surface area contributed by atoms with E-state index in [4.69, 9.17) is 9.47 Å². The van der Waals surface area contributed by atoms with Crippen LogP contribution < -0.4 is 4.74 Å². The molecule has 1 saturated carbocycles. The van der Waals surface area contributed by atoms with Crippen molar-refractivity contribution in [1.82, 2.24) is 0 Å². The summed E-state index contributed by atoms with van der Waals surface area (Å²) in [7, 11) is 0. The molecule has 2 rings (SSSR count). The smallest absolute Gasteiger partial charge is 0.305 e. The molecule has 2 atom stereocenters. The first-order valence-corrected chi connectivity index (χ1v) is 7.66. The summed E-state index contributed by atoms with van der Waals surface area (Å²) in [6, 6.07) is 8.20. The molecule has 3 nitrogen and oxygen atoms in total. The standard InChI is InChI=1S/C17H24O3/c1-3-17(18)20-16-11-6-5-10-15(16)13-8-7-9-14(12-13)19-4-2/h7-9,12,15-16H,3-6,10-11H2,1-2H3/t15-,16+/m1/s1. The van der Waals surface area contributed by atoms with Crippen molar-refractivity contribution in [3.8, 4) is 5.75 Å². The lowest BCUT2D eigenvalue weighted by Gasteiger charge is -2.31. The second-order valence-electron chi connectivity index (χ2n) is 5.28. The summed E-state index contributed by atoms with van der Waals surface area (Å²) in [4.78, 5) is 11.6. The Bertz CT molecular complexity index is 442. The number of hydrogen-bond donors (Lipinski definition) is 0. The van der Waals surface area contributed by atoms with E-state index >= 15 is 0 Å². The maximum absolute atomic E-state index is 11.6. The van der Waals surface area contributed by atoms with Gasteiger partial charge in [0.05, 0.1) is 6.61 Å². The number of rotatable bonds is 5. The lowest BCUT2D eigenvalue weighted by molar-refractivity contribution is -0.151. The normalized spacial score (nSPS) is 22.3. The molecule has 1 aliphatic rings. The average molecular weight is 276 g/mol. The molecule has 3 heteroatoms. The van der Waals surface area contributed by atoms with Gasteiger partial charge in [-0.25, -0.2) is 0 Å². The molecule has 0 aromatic heterocycles. The van der Waals surface area contributed by atoms with E-state index < -0.39 is 0 Å². The summed E-state index contributed by atoms with van der Waals surface area (Å²) < 4.78 is 11.2. The van der Waals surface area contributed by atoms with Gasteiger partial charge in [-0.05, 0) is 43.9 Å². The van der Waals surface area contributed by atoms with E-state index in [9.17, 15) is 4.79 Å². The number of carbonyl (C=O) groups is 1. The van der Waals surface area contributed by atoms with Gasteiger partial charge in [-0.3, -0.25) is 4.79 Å². The highest BCUT2D eigenvalue weighted by Gasteiger charge is 2.29. The number of hydrogen-bond acceptors (Lipinski definition) is 3. The van der Waals surface area contributed by atoms with E-state index in [0.717, 1.165) is 25.0 Å². The minimum absolute atomic E-state index is 0.0214. The third kappa shape index (κ3) is 3.75. The monoisotopic (exact) mass is 276 g/mol. The maximum Gasteiger partial charge on any atom is 0.305 e. The SMILES string of the molecule is CCOc1cccc([C@H]2CCCC[C@@H]2OC(=O)CC)c1. The van der Waals surface area contributed by atoms with Gasteiger partial charge in [0.15, 0.2) is 0 Å². The summed E-state index contributed by atoms with van der Waals surface area (Å²) in [6.07, 6.45) is 4.86. The molecule has 0 amide bonds. The van der Waals surface area contributed by atoms with Gasteiger partial charge in [0, 0.05) is 12.3 Å². The van der Waals surface area contributed by atoms with Gasteiger partial charge in [0.25, 0.3) is 0 Å². The zero-order valence-electron chi connectivity index (χ0n) is 12.4. The predicted octanol–water partition coefficient (Wildman–Crippen LogP) is 4.06. The Morgan fingerprint density at radius 3 is 2.80 bits per heavy atom. The van der Waals surface area contributed by atoms with Crippen LogP contribution in [0.4, 0.5) is 0 Å². The molecule has 20 heavy (non-hydrogen) atoms. The fourth-order valence-electron chi connectivity index (χ4n) is 2.87. The van der Waals surface area contributed by atoms with Crippen LogP contribution in [-0.2, 0) is 9.53 Å². The van der Waals surface area contributed by atoms with Crippen molar-refractivity contribution >= 4 is 5.97 Å². The molecular formula is C17H24O3. The fraction of sp³-hybridized carbons (Fsp3) is 0.588. The molecule has 1 aliphatic carbocycles. The number of benzene rings is 1. The Balaban J connectivity index is 2.14. The molecule has 110 valence electrons. The largest absolute Gasteiger partial charge is 0.494 e. The Labute approximate surface area is 121 Å². The van der Waals surface area contributed by atoms with Gasteiger partial charge in [0.1, 0.15) is 11.9 Å². The Hall–Kier alpha value is -1.51. The van der Waals surface area contributed by atoms with Crippen molar-refractivity contribution in [2.75, 3.05) is 6.61 Å². The highest BCUT2D eigenvalue weighted by Crippen LogP contribution is 2.36. The molecule has 0 spiro atoms. The lowest BCUT2D eigenvalue weighted by Crippen LogP contribution is -2.28. The zero-order chi connectivity index (χ0) is 14.4. The molecule has 1 fully saturated rings. The van der Waals surface area contributed by atoms with Gasteiger partial charge in [-0.1, -0.05) is 25.5 Å². The topological polar surface area (TPSA) is 35.5 Å². The first-order valence-electron chi connectivity index (χ1n) is 7.66. The lowest BCUT2D eigenvalue weighted by atomic mass is 9.81. The highest BCUT2D eigenvalue weighted by molar-refractivity contribution is 5.69. The van der Waals surface area contributed by atoms with Crippen LogP contribution in [0.25, 0.3) is 0 Å². The molecule has 1 aromatic carbocycles. The number of carbonyl (C=O) groups excluding carboxylic acids is 1. The summed E-state index contributed by atoms with van der Waals surface area (Å²) in [5, 5.41) is 0. The quantitative estimate of drug-likeness (QED) is 0.761. The van der Waals surface area contributed by atoms with Crippen molar-refractivity contribution in [2.45, 2.75) is 58.0 Å². The van der Waals surface area contributed by atoms with E-state index in [1.807, 2.05) is 26.0 Å². The van der Waals surface area contributed by atoms with E-state index in [2.05, 4.69) is 12.1 Å². The van der Waals surface area contributed by atoms with E-state index in [-0.39, 0.29) is 12.1 Å². The molecule has 1 aromatic rings. The third-order valence-corrected chi connectivity index (χ3v) is 3.87. The number of ether oxygens (including phenoxy) is 2. The summed E-state index contributed by atoms with van der Waals surface area (Å²) in [6.45, 7) is 4.50. The fourth-order valence-corrected chi connectivity index (χ4v) is 2.87. The van der Waals surface area contributed by atoms with E-state index in [1.165, 1.54) is 12.0 Å². The molecular weight excluding hydrogens is 252 g/mol. The van der Waals surface area contributed by atoms with Crippen LogP contribution in [0, 0.1) is 0 Å². The predicted molar refractivity (Wildman–Crippen MR) is 79.0 cm³/mol. The van der Waals surface area contributed by atoms with Gasteiger partial charge in [-0.2, -0.15) is 0 Å². The van der Waals surface area contributed by atoms with Crippen LogP contribution in [-0.4, -0.2) is 18.7 Å². The summed E-state index contributed by atoms with van der Waals surface area (Å²) in [5.74, 6) is 1.11. The van der Waals surface area contributed by atoms with Gasteiger partial charge >= 0.3 is 5.97 Å². The first kappa shape index (κ1) is 14.9. The molecule has 0 unspecified atom stereocenters. The summed E-state index contributed by atoms with van der Waals surface area (Å²) in [5.41, 5.74) is 1.23. The van der Waals surface area contributed by atoms with Crippen LogP contribution in [0.2, 0.25) is 0 Å². The van der Waals surface area contributed by atoms with Gasteiger partial charge in [-0.15, -0.1) is 0 Å². The van der Waals surface area contributed by atoms with Crippen LogP contribution in [0.1, 0.15) is 57.4 Å². The molecule has 0 saturated heterocycles. The zero-order valence-corrected chi connectivity index (χ0v) is 12.4. The molecule has 0 aliphatic heterocycles. The van der Waals surface area contributed by atoms with E-state index in [0.29, 0.717) is 18.9 Å². The van der Waals surface area contributed by atoms with Crippen molar-refractivity contribution < 1.29 is 14.3 Å². The van der Waals surface area contributed by atoms with Gasteiger partial charge < -0.3 is 9.47 Å². The molecule has 0 N–H and O–H groups in total. The minimum atomic E-state index is -0.0946. The maximum atomic E-state index is 11.6. The Kier molecular flexibility index (Phi) is 5.45. The van der Waals surface area contributed by atoms with Crippen molar-refractivity contribution in [3.63, 3.8) is 0 Å². The Morgan fingerprint density at radius 1 is 1.25 bits per heavy atom. The average Bonchev–Trinajstić information content (AvgIpc) is 2.48. The van der Waals surface area contributed by atoms with Crippen molar-refractivity contribution in [2.24, 2.45) is 0 Å². The van der Waals surface area contributed by atoms with Crippen molar-refractivity contribution in [1.29, 1.82) is 0 Å². The van der Waals surface area contributed by atoms with Crippen LogP contribution in [0.3, 0.4) is 0 Å². The summed E-state index contributed by atoms with van der Waals surface area (Å²) >= 11 is 0. The van der Waals surface area contributed by atoms with E-state index in [1.54, 1.807) is 0 Å². The Morgan fingerprint density at radius 2 is 2.05 bits per heavy atom. The van der Waals surface area contributed by atoms with Crippen LogP contribution >= 0.6 is 0 Å². The molecule has 0 heterocycles. The van der Waals surface area contributed by atoms with Crippen molar-refractivity contribution in [3.05, 3.63) is 29.8 Å². The molecule has 0 bridgehead atoms.